The largest absolute Gasteiger partial charge is 0.322 e. The van der Waals surface area contributed by atoms with Gasteiger partial charge in [0.05, 0.1) is 0 Å². The molecular weight excluding hydrogens is 229 g/mol. The normalized spacial score (nSPS) is 10.2. The highest BCUT2D eigenvalue weighted by Gasteiger charge is 2.10. The molecule has 0 heterocycles. The van der Waals surface area contributed by atoms with Crippen LogP contribution in [0.5, 0.6) is 0 Å². The van der Waals surface area contributed by atoms with Gasteiger partial charge in [0, 0.05) is 11.3 Å². The Morgan fingerprint density at radius 3 is 2.44 bits per heavy atom. The van der Waals surface area contributed by atoms with Gasteiger partial charge in [0.1, 0.15) is 5.82 Å². The van der Waals surface area contributed by atoms with Gasteiger partial charge in [0.2, 0.25) is 0 Å². The number of amides is 1. The molecule has 0 saturated heterocycles. The van der Waals surface area contributed by atoms with Gasteiger partial charge in [-0.3, -0.25) is 4.79 Å². The summed E-state index contributed by atoms with van der Waals surface area (Å²) < 4.78 is 13.0. The van der Waals surface area contributed by atoms with Crippen LogP contribution >= 0.6 is 0 Å². The van der Waals surface area contributed by atoms with Crippen LogP contribution in [0.4, 0.5) is 10.1 Å². The molecule has 3 heteroatoms. The Balaban J connectivity index is 2.25. The molecule has 0 unspecified atom stereocenters. The number of benzene rings is 2. The van der Waals surface area contributed by atoms with Gasteiger partial charge in [-0.05, 0) is 49.2 Å². The number of para-hydroxylation sites is 1. The SMILES string of the molecule is Cc1ccccc1NC(=O)c1ccc(F)cc1C. The van der Waals surface area contributed by atoms with Crippen LogP contribution in [0, 0.1) is 19.7 Å². The Hall–Kier alpha value is -2.16. The van der Waals surface area contributed by atoms with Crippen molar-refractivity contribution in [2.75, 3.05) is 5.32 Å². The summed E-state index contributed by atoms with van der Waals surface area (Å²) in [6, 6.07) is 11.7. The van der Waals surface area contributed by atoms with Crippen molar-refractivity contribution < 1.29 is 9.18 Å². The second-order valence-corrected chi connectivity index (χ2v) is 4.23. The molecule has 0 spiro atoms. The van der Waals surface area contributed by atoms with Gasteiger partial charge in [-0.1, -0.05) is 18.2 Å². The molecule has 2 nitrogen and oxygen atoms in total. The molecule has 0 saturated carbocycles. The number of nitrogens with one attached hydrogen (secondary N) is 1. The second kappa shape index (κ2) is 5.00. The van der Waals surface area contributed by atoms with E-state index in [0.29, 0.717) is 11.1 Å². The number of halogens is 1. The van der Waals surface area contributed by atoms with E-state index in [1.807, 2.05) is 31.2 Å². The minimum absolute atomic E-state index is 0.221. The van der Waals surface area contributed by atoms with E-state index >= 15 is 0 Å². The highest BCUT2D eigenvalue weighted by Crippen LogP contribution is 2.16. The quantitative estimate of drug-likeness (QED) is 0.856. The summed E-state index contributed by atoms with van der Waals surface area (Å²) >= 11 is 0. The molecule has 0 aliphatic heterocycles. The lowest BCUT2D eigenvalue weighted by molar-refractivity contribution is 0.102. The Morgan fingerprint density at radius 2 is 1.78 bits per heavy atom. The molecule has 1 amide bonds. The van der Waals surface area contributed by atoms with Crippen molar-refractivity contribution >= 4 is 11.6 Å². The number of hydrogen-bond donors (Lipinski definition) is 1. The number of hydrogen-bond acceptors (Lipinski definition) is 1. The molecule has 0 aromatic heterocycles. The first-order chi connectivity index (χ1) is 8.58. The van der Waals surface area contributed by atoms with Gasteiger partial charge >= 0.3 is 0 Å². The van der Waals surface area contributed by atoms with Crippen molar-refractivity contribution in [1.29, 1.82) is 0 Å². The van der Waals surface area contributed by atoms with E-state index < -0.39 is 0 Å². The van der Waals surface area contributed by atoms with Crippen molar-refractivity contribution in [3.05, 3.63) is 65.0 Å². The zero-order chi connectivity index (χ0) is 13.1. The summed E-state index contributed by atoms with van der Waals surface area (Å²) in [7, 11) is 0. The lowest BCUT2D eigenvalue weighted by Crippen LogP contribution is -2.14. The monoisotopic (exact) mass is 243 g/mol. The van der Waals surface area contributed by atoms with Gasteiger partial charge in [-0.15, -0.1) is 0 Å². The third-order valence-electron chi connectivity index (χ3n) is 2.83. The number of aryl methyl sites for hydroxylation is 2. The summed E-state index contributed by atoms with van der Waals surface area (Å²) in [6.45, 7) is 3.64. The fourth-order valence-electron chi connectivity index (χ4n) is 1.78. The second-order valence-electron chi connectivity index (χ2n) is 4.23. The van der Waals surface area contributed by atoms with Crippen molar-refractivity contribution in [2.45, 2.75) is 13.8 Å². The molecule has 0 radical (unpaired) electrons. The van der Waals surface area contributed by atoms with Crippen LogP contribution in [-0.4, -0.2) is 5.91 Å². The van der Waals surface area contributed by atoms with E-state index in [2.05, 4.69) is 5.32 Å². The van der Waals surface area contributed by atoms with Crippen molar-refractivity contribution in [3.8, 4) is 0 Å². The average Bonchev–Trinajstić information content (AvgIpc) is 2.32. The molecule has 92 valence electrons. The van der Waals surface area contributed by atoms with Crippen molar-refractivity contribution in [2.24, 2.45) is 0 Å². The Morgan fingerprint density at radius 1 is 1.06 bits per heavy atom. The van der Waals surface area contributed by atoms with Crippen LogP contribution in [0.2, 0.25) is 0 Å². The highest BCUT2D eigenvalue weighted by atomic mass is 19.1. The van der Waals surface area contributed by atoms with E-state index in [9.17, 15) is 9.18 Å². The zero-order valence-corrected chi connectivity index (χ0v) is 10.3. The van der Waals surface area contributed by atoms with Crippen LogP contribution in [0.1, 0.15) is 21.5 Å². The molecule has 2 rings (SSSR count). The van der Waals surface area contributed by atoms with Crippen LogP contribution < -0.4 is 5.32 Å². The molecule has 1 N–H and O–H groups in total. The lowest BCUT2D eigenvalue weighted by Gasteiger charge is -2.09. The Labute approximate surface area is 105 Å². The molecule has 0 aliphatic rings. The van der Waals surface area contributed by atoms with E-state index in [4.69, 9.17) is 0 Å². The summed E-state index contributed by atoms with van der Waals surface area (Å²) in [5, 5.41) is 2.83. The van der Waals surface area contributed by atoms with E-state index in [1.165, 1.54) is 18.2 Å². The molecule has 2 aromatic carbocycles. The summed E-state index contributed by atoms with van der Waals surface area (Å²) in [6.07, 6.45) is 0. The third-order valence-corrected chi connectivity index (χ3v) is 2.83. The first-order valence-corrected chi connectivity index (χ1v) is 5.71. The molecule has 0 bridgehead atoms. The van der Waals surface area contributed by atoms with Crippen LogP contribution in [0.15, 0.2) is 42.5 Å². The van der Waals surface area contributed by atoms with Crippen molar-refractivity contribution in [3.63, 3.8) is 0 Å². The summed E-state index contributed by atoms with van der Waals surface area (Å²) in [5.74, 6) is -0.554. The molecule has 18 heavy (non-hydrogen) atoms. The van der Waals surface area contributed by atoms with Gasteiger partial charge in [-0.25, -0.2) is 4.39 Å². The van der Waals surface area contributed by atoms with Gasteiger partial charge in [0.15, 0.2) is 0 Å². The number of anilines is 1. The molecule has 0 aliphatic carbocycles. The van der Waals surface area contributed by atoms with Crippen LogP contribution in [-0.2, 0) is 0 Å². The minimum Gasteiger partial charge on any atom is -0.322 e. The maximum atomic E-state index is 13.0. The molecule has 0 atom stereocenters. The predicted molar refractivity (Wildman–Crippen MR) is 70.3 cm³/mol. The van der Waals surface area contributed by atoms with Crippen LogP contribution in [0.3, 0.4) is 0 Å². The summed E-state index contributed by atoms with van der Waals surface area (Å²) in [4.78, 5) is 12.1. The molecule has 2 aromatic rings. The van der Waals surface area contributed by atoms with Crippen LogP contribution in [0.25, 0.3) is 0 Å². The topological polar surface area (TPSA) is 29.1 Å². The standard InChI is InChI=1S/C15H14FNO/c1-10-5-3-4-6-14(10)17-15(18)13-8-7-12(16)9-11(13)2/h3-9H,1-2H3,(H,17,18). The fraction of sp³-hybridized carbons (Fsp3) is 0.133. The first kappa shape index (κ1) is 12.3. The molecule has 0 fully saturated rings. The smallest absolute Gasteiger partial charge is 0.255 e. The van der Waals surface area contributed by atoms with E-state index in [-0.39, 0.29) is 11.7 Å². The molecular formula is C15H14FNO. The minimum atomic E-state index is -0.333. The summed E-state index contributed by atoms with van der Waals surface area (Å²) in [5.41, 5.74) is 2.87. The van der Waals surface area contributed by atoms with Crippen molar-refractivity contribution in [1.82, 2.24) is 0 Å². The zero-order valence-electron chi connectivity index (χ0n) is 10.3. The lowest BCUT2D eigenvalue weighted by atomic mass is 10.1. The van der Waals surface area contributed by atoms with Gasteiger partial charge in [-0.2, -0.15) is 0 Å². The average molecular weight is 243 g/mol. The van der Waals surface area contributed by atoms with E-state index in [1.54, 1.807) is 6.92 Å². The third kappa shape index (κ3) is 2.56. The predicted octanol–water partition coefficient (Wildman–Crippen LogP) is 3.69. The highest BCUT2D eigenvalue weighted by molar-refractivity contribution is 6.05. The first-order valence-electron chi connectivity index (χ1n) is 5.71. The number of carbonyl (C=O) groups is 1. The Kier molecular flexibility index (Phi) is 3.42. The maximum Gasteiger partial charge on any atom is 0.255 e. The fourth-order valence-corrected chi connectivity index (χ4v) is 1.78. The number of rotatable bonds is 2. The number of carbonyl (C=O) groups excluding carboxylic acids is 1. The van der Waals surface area contributed by atoms with Gasteiger partial charge in [0.25, 0.3) is 5.91 Å². The Bertz CT molecular complexity index is 593. The maximum absolute atomic E-state index is 13.0. The van der Waals surface area contributed by atoms with Gasteiger partial charge < -0.3 is 5.32 Å². The van der Waals surface area contributed by atoms with E-state index in [0.717, 1.165) is 11.3 Å².